The zero-order valence-corrected chi connectivity index (χ0v) is 13.6. The van der Waals surface area contributed by atoms with Gasteiger partial charge in [0.05, 0.1) is 11.1 Å². The average molecular weight is 336 g/mol. The quantitative estimate of drug-likeness (QED) is 0.728. The summed E-state index contributed by atoms with van der Waals surface area (Å²) in [5.41, 5.74) is 1.46. The Balaban J connectivity index is 1.79. The molecule has 0 spiro atoms. The van der Waals surface area contributed by atoms with Crippen molar-refractivity contribution in [3.63, 3.8) is 0 Å². The molecule has 0 radical (unpaired) electrons. The van der Waals surface area contributed by atoms with Crippen LogP contribution < -0.4 is 0 Å². The summed E-state index contributed by atoms with van der Waals surface area (Å²) in [5.74, 6) is -0.549. The van der Waals surface area contributed by atoms with Gasteiger partial charge in [-0.25, -0.2) is 4.39 Å². The van der Waals surface area contributed by atoms with Crippen LogP contribution in [0.5, 0.6) is 0 Å². The van der Waals surface area contributed by atoms with E-state index in [9.17, 15) is 9.18 Å². The Bertz CT molecular complexity index is 720. The van der Waals surface area contributed by atoms with Crippen molar-refractivity contribution in [3.8, 4) is 0 Å². The van der Waals surface area contributed by atoms with Crippen LogP contribution in [0, 0.1) is 5.82 Å². The molecule has 0 saturated heterocycles. The van der Waals surface area contributed by atoms with Crippen LogP contribution in [0.1, 0.15) is 29.0 Å². The minimum Gasteiger partial charge on any atom is -0.332 e. The van der Waals surface area contributed by atoms with Crippen molar-refractivity contribution in [2.45, 2.75) is 19.4 Å². The van der Waals surface area contributed by atoms with Gasteiger partial charge in [-0.3, -0.25) is 4.79 Å². The van der Waals surface area contributed by atoms with E-state index in [0.717, 1.165) is 6.42 Å². The Hall–Kier alpha value is -1.65. The average Bonchev–Trinajstić information content (AvgIpc) is 2.96. The van der Waals surface area contributed by atoms with Gasteiger partial charge in [0.15, 0.2) is 0 Å². The number of nitrogens with zero attached hydrogens (tertiary/aromatic N) is 1. The molecule has 22 heavy (non-hydrogen) atoms. The van der Waals surface area contributed by atoms with Gasteiger partial charge in [0.25, 0.3) is 0 Å². The van der Waals surface area contributed by atoms with Crippen LogP contribution in [-0.4, -0.2) is 17.4 Å². The van der Waals surface area contributed by atoms with Crippen LogP contribution in [0.2, 0.25) is 5.02 Å². The number of halogens is 2. The summed E-state index contributed by atoms with van der Waals surface area (Å²) in [4.78, 5) is 15.6. The summed E-state index contributed by atoms with van der Waals surface area (Å²) in [5, 5.41) is 2.36. The smallest absolute Gasteiger partial charge is 0.247 e. The molecule has 0 fully saturated rings. The third kappa shape index (κ3) is 2.81. The van der Waals surface area contributed by atoms with Crippen LogP contribution in [0.4, 0.5) is 4.39 Å². The van der Waals surface area contributed by atoms with Crippen molar-refractivity contribution in [1.29, 1.82) is 0 Å². The Kier molecular flexibility index (Phi) is 4.32. The standard InChI is InChI=1S/C17H15ClFNOS/c1-11-12-8-10-22-16(12)7-9-20(11)17(21)6-5-13-14(18)3-2-4-15(13)19/h2-6,8,10-11H,7,9H2,1H3/b6-5+. The molecule has 0 aliphatic carbocycles. The minimum atomic E-state index is -0.427. The fourth-order valence-corrected chi connectivity index (χ4v) is 3.92. The molecule has 5 heteroatoms. The van der Waals surface area contributed by atoms with Gasteiger partial charge < -0.3 is 4.90 Å². The molecule has 1 aromatic carbocycles. The third-order valence-electron chi connectivity index (χ3n) is 3.95. The van der Waals surface area contributed by atoms with E-state index in [1.165, 1.54) is 28.7 Å². The number of benzene rings is 1. The second-order valence-corrected chi connectivity index (χ2v) is 6.63. The molecular formula is C17H15ClFNOS. The lowest BCUT2D eigenvalue weighted by molar-refractivity contribution is -0.128. The maximum absolute atomic E-state index is 13.7. The van der Waals surface area contributed by atoms with Crippen LogP contribution in [0.25, 0.3) is 6.08 Å². The van der Waals surface area contributed by atoms with Crippen LogP contribution in [0.3, 0.4) is 0 Å². The topological polar surface area (TPSA) is 20.3 Å². The number of hydrogen-bond donors (Lipinski definition) is 0. The molecule has 1 aliphatic heterocycles. The lowest BCUT2D eigenvalue weighted by Crippen LogP contribution is -2.37. The summed E-state index contributed by atoms with van der Waals surface area (Å²) >= 11 is 7.70. The SMILES string of the molecule is CC1c2ccsc2CCN1C(=O)/C=C/c1c(F)cccc1Cl. The lowest BCUT2D eigenvalue weighted by Gasteiger charge is -2.32. The predicted octanol–water partition coefficient (Wildman–Crippen LogP) is 4.70. The number of rotatable bonds is 2. The first-order valence-corrected chi connectivity index (χ1v) is 8.32. The number of amides is 1. The second kappa shape index (κ2) is 6.23. The van der Waals surface area contributed by atoms with E-state index in [4.69, 9.17) is 11.6 Å². The summed E-state index contributed by atoms with van der Waals surface area (Å²) < 4.78 is 13.7. The van der Waals surface area contributed by atoms with E-state index in [1.54, 1.807) is 28.4 Å². The summed E-state index contributed by atoms with van der Waals surface area (Å²) in [6, 6.07) is 6.60. The van der Waals surface area contributed by atoms with E-state index in [-0.39, 0.29) is 17.5 Å². The van der Waals surface area contributed by atoms with E-state index in [0.29, 0.717) is 11.6 Å². The molecule has 0 bridgehead atoms. The summed E-state index contributed by atoms with van der Waals surface area (Å²) in [7, 11) is 0. The molecule has 0 N–H and O–H groups in total. The molecule has 2 aromatic rings. The third-order valence-corrected chi connectivity index (χ3v) is 5.28. The van der Waals surface area contributed by atoms with E-state index >= 15 is 0 Å². The molecule has 1 aromatic heterocycles. The van der Waals surface area contributed by atoms with E-state index in [2.05, 4.69) is 11.4 Å². The van der Waals surface area contributed by atoms with Crippen molar-refractivity contribution in [1.82, 2.24) is 4.90 Å². The molecule has 1 amide bonds. The maximum Gasteiger partial charge on any atom is 0.247 e. The molecule has 0 saturated carbocycles. The van der Waals surface area contributed by atoms with Crippen LogP contribution >= 0.6 is 22.9 Å². The highest BCUT2D eigenvalue weighted by atomic mass is 35.5. The first-order valence-electron chi connectivity index (χ1n) is 7.07. The highest BCUT2D eigenvalue weighted by molar-refractivity contribution is 7.10. The summed E-state index contributed by atoms with van der Waals surface area (Å²) in [6.07, 6.45) is 3.73. The van der Waals surface area contributed by atoms with Crippen molar-refractivity contribution < 1.29 is 9.18 Å². The van der Waals surface area contributed by atoms with Crippen LogP contribution in [-0.2, 0) is 11.2 Å². The monoisotopic (exact) mass is 335 g/mol. The van der Waals surface area contributed by atoms with Crippen molar-refractivity contribution in [3.05, 3.63) is 62.6 Å². The number of carbonyl (C=O) groups is 1. The Morgan fingerprint density at radius 1 is 1.45 bits per heavy atom. The highest BCUT2D eigenvalue weighted by Gasteiger charge is 2.27. The molecule has 3 rings (SSSR count). The normalized spacial score (nSPS) is 17.8. The molecule has 114 valence electrons. The number of fused-ring (bicyclic) bond motifs is 1. The van der Waals surface area contributed by atoms with Gasteiger partial charge in [0.1, 0.15) is 5.82 Å². The van der Waals surface area contributed by atoms with E-state index in [1.807, 2.05) is 6.92 Å². The molecule has 1 atom stereocenters. The maximum atomic E-state index is 13.7. The van der Waals surface area contributed by atoms with Gasteiger partial charge in [0, 0.05) is 23.1 Å². The largest absolute Gasteiger partial charge is 0.332 e. The van der Waals surface area contributed by atoms with E-state index < -0.39 is 5.82 Å². The molecular weight excluding hydrogens is 321 g/mol. The number of thiophene rings is 1. The molecule has 1 aliphatic rings. The van der Waals surface area contributed by atoms with Gasteiger partial charge in [-0.1, -0.05) is 17.7 Å². The zero-order valence-electron chi connectivity index (χ0n) is 12.1. The fourth-order valence-electron chi connectivity index (χ4n) is 2.73. The van der Waals surface area contributed by atoms with Gasteiger partial charge >= 0.3 is 0 Å². The van der Waals surface area contributed by atoms with Crippen molar-refractivity contribution in [2.75, 3.05) is 6.54 Å². The first-order chi connectivity index (χ1) is 10.6. The molecule has 2 heterocycles. The Labute approximate surface area is 137 Å². The van der Waals surface area contributed by atoms with Gasteiger partial charge in [0.2, 0.25) is 5.91 Å². The number of carbonyl (C=O) groups excluding carboxylic acids is 1. The Morgan fingerprint density at radius 2 is 2.27 bits per heavy atom. The van der Waals surface area contributed by atoms with Crippen LogP contribution in [0.15, 0.2) is 35.7 Å². The predicted molar refractivity (Wildman–Crippen MR) is 88.6 cm³/mol. The van der Waals surface area contributed by atoms with Gasteiger partial charge in [-0.2, -0.15) is 0 Å². The van der Waals surface area contributed by atoms with Gasteiger partial charge in [-0.05, 0) is 48.6 Å². The molecule has 1 unspecified atom stereocenters. The lowest BCUT2D eigenvalue weighted by atomic mass is 10.0. The zero-order chi connectivity index (χ0) is 15.7. The van der Waals surface area contributed by atoms with Gasteiger partial charge in [-0.15, -0.1) is 11.3 Å². The molecule has 2 nitrogen and oxygen atoms in total. The Morgan fingerprint density at radius 3 is 3.05 bits per heavy atom. The minimum absolute atomic E-state index is 0.0447. The first kappa shape index (κ1) is 15.3. The number of hydrogen-bond acceptors (Lipinski definition) is 2. The van der Waals surface area contributed by atoms with Crippen molar-refractivity contribution >= 4 is 34.9 Å². The van der Waals surface area contributed by atoms with Crippen molar-refractivity contribution in [2.24, 2.45) is 0 Å². The summed E-state index contributed by atoms with van der Waals surface area (Å²) in [6.45, 7) is 2.70. The highest BCUT2D eigenvalue weighted by Crippen LogP contribution is 2.33. The second-order valence-electron chi connectivity index (χ2n) is 5.23. The fraction of sp³-hybridized carbons (Fsp3) is 0.235.